The van der Waals surface area contributed by atoms with Crippen LogP contribution in [0.15, 0.2) is 18.2 Å². The second-order valence-corrected chi connectivity index (χ2v) is 6.83. The Morgan fingerprint density at radius 1 is 1.38 bits per heavy atom. The van der Waals surface area contributed by atoms with Gasteiger partial charge in [-0.1, -0.05) is 6.07 Å². The van der Waals surface area contributed by atoms with Gasteiger partial charge in [0.1, 0.15) is 11.6 Å². The number of benzene rings is 1. The van der Waals surface area contributed by atoms with Crippen LogP contribution in [0.5, 0.6) is 0 Å². The van der Waals surface area contributed by atoms with E-state index in [1.54, 1.807) is 0 Å². The molecule has 6 heteroatoms. The van der Waals surface area contributed by atoms with Crippen molar-refractivity contribution in [1.29, 1.82) is 0 Å². The summed E-state index contributed by atoms with van der Waals surface area (Å²) in [5, 5.41) is 10.7. The predicted octanol–water partition coefficient (Wildman–Crippen LogP) is 2.20. The molecule has 1 N–H and O–H groups in total. The molecule has 0 amide bonds. The van der Waals surface area contributed by atoms with Crippen molar-refractivity contribution in [2.75, 3.05) is 32.1 Å². The smallest absolute Gasteiger partial charge is 0.131 e. The molecule has 2 saturated heterocycles. The number of hydrogen-bond acceptors (Lipinski definition) is 4. The van der Waals surface area contributed by atoms with E-state index < -0.39 is 17.7 Å². The summed E-state index contributed by atoms with van der Waals surface area (Å²) < 4.78 is 33.0. The highest BCUT2D eigenvalue weighted by Crippen LogP contribution is 2.32. The number of β-amino-alcohol motifs (C(OH)–C–C–N with tert-alkyl or cyclic N) is 1. The Balaban J connectivity index is 1.73. The molecule has 3 nitrogen and oxygen atoms in total. The lowest BCUT2D eigenvalue weighted by Gasteiger charge is -2.44. The highest BCUT2D eigenvalue weighted by molar-refractivity contribution is 8.00. The molecule has 3 atom stereocenters. The zero-order valence-corrected chi connectivity index (χ0v) is 12.5. The molecule has 1 aromatic carbocycles. The van der Waals surface area contributed by atoms with Gasteiger partial charge in [0.2, 0.25) is 0 Å². The average Bonchev–Trinajstić information content (AvgIpc) is 2.47. The molecule has 21 heavy (non-hydrogen) atoms. The monoisotopic (exact) mass is 315 g/mol. The maximum Gasteiger partial charge on any atom is 0.131 e. The summed E-state index contributed by atoms with van der Waals surface area (Å²) in [4.78, 5) is 2.15. The molecule has 0 saturated carbocycles. The third-order valence-electron chi connectivity index (χ3n) is 4.19. The van der Waals surface area contributed by atoms with Crippen molar-refractivity contribution in [1.82, 2.24) is 4.90 Å². The van der Waals surface area contributed by atoms with Crippen LogP contribution < -0.4 is 0 Å². The zero-order valence-electron chi connectivity index (χ0n) is 11.7. The van der Waals surface area contributed by atoms with E-state index in [1.165, 1.54) is 18.2 Å². The highest BCUT2D eigenvalue weighted by atomic mass is 32.2. The van der Waals surface area contributed by atoms with E-state index in [2.05, 4.69) is 4.90 Å². The van der Waals surface area contributed by atoms with Crippen LogP contribution in [0.3, 0.4) is 0 Å². The Bertz CT molecular complexity index is 480. The van der Waals surface area contributed by atoms with Gasteiger partial charge >= 0.3 is 0 Å². The maximum atomic E-state index is 13.7. The number of aliphatic hydroxyl groups is 1. The van der Waals surface area contributed by atoms with Crippen LogP contribution in [0.2, 0.25) is 0 Å². The number of thioether (sulfide) groups is 1. The van der Waals surface area contributed by atoms with Crippen LogP contribution in [-0.2, 0) is 4.74 Å². The first-order valence-corrected chi connectivity index (χ1v) is 8.27. The van der Waals surface area contributed by atoms with Gasteiger partial charge in [-0.15, -0.1) is 0 Å². The molecule has 1 aromatic rings. The second-order valence-electron chi connectivity index (χ2n) is 5.49. The van der Waals surface area contributed by atoms with Gasteiger partial charge < -0.3 is 9.84 Å². The molecular weight excluding hydrogens is 296 g/mol. The second kappa shape index (κ2) is 6.60. The fourth-order valence-corrected chi connectivity index (χ4v) is 4.50. The predicted molar refractivity (Wildman–Crippen MR) is 78.4 cm³/mol. The molecule has 0 aromatic heterocycles. The van der Waals surface area contributed by atoms with Gasteiger partial charge in [0.15, 0.2) is 0 Å². The Hall–Kier alpha value is -0.690. The Morgan fingerprint density at radius 2 is 2.14 bits per heavy atom. The van der Waals surface area contributed by atoms with Gasteiger partial charge in [0.25, 0.3) is 0 Å². The summed E-state index contributed by atoms with van der Waals surface area (Å²) >= 11 is 1.88. The van der Waals surface area contributed by atoms with Crippen molar-refractivity contribution in [3.63, 3.8) is 0 Å². The molecule has 0 bridgehead atoms. The van der Waals surface area contributed by atoms with E-state index in [9.17, 15) is 13.9 Å². The number of ether oxygens (including phenoxy) is 1. The van der Waals surface area contributed by atoms with Crippen LogP contribution in [0.1, 0.15) is 18.1 Å². The third kappa shape index (κ3) is 3.23. The molecule has 0 spiro atoms. The standard InChI is InChI=1S/C15H19F2NO2S/c16-10-2-1-3-11(17)15(10)13(19)8-18-5-7-21-14-9-20-6-4-12(14)18/h1-3,12-14,19H,4-9H2. The van der Waals surface area contributed by atoms with Crippen molar-refractivity contribution in [2.45, 2.75) is 23.8 Å². The maximum absolute atomic E-state index is 13.7. The number of nitrogens with zero attached hydrogens (tertiary/aromatic N) is 1. The molecule has 3 rings (SSSR count). The quantitative estimate of drug-likeness (QED) is 0.927. The molecule has 2 fully saturated rings. The highest BCUT2D eigenvalue weighted by Gasteiger charge is 2.35. The summed E-state index contributed by atoms with van der Waals surface area (Å²) in [7, 11) is 0. The van der Waals surface area contributed by atoms with E-state index in [-0.39, 0.29) is 12.1 Å². The fourth-order valence-electron chi connectivity index (χ4n) is 3.13. The van der Waals surface area contributed by atoms with Crippen LogP contribution in [0, 0.1) is 11.6 Å². The number of hydrogen-bond donors (Lipinski definition) is 1. The van der Waals surface area contributed by atoms with Crippen LogP contribution >= 0.6 is 11.8 Å². The topological polar surface area (TPSA) is 32.7 Å². The summed E-state index contributed by atoms with van der Waals surface area (Å²) in [5.74, 6) is -0.411. The Labute approximate surface area is 127 Å². The SMILES string of the molecule is OC(CN1CCSC2COCCC21)c1c(F)cccc1F. The van der Waals surface area contributed by atoms with E-state index in [4.69, 9.17) is 4.74 Å². The lowest BCUT2D eigenvalue weighted by Crippen LogP contribution is -2.53. The largest absolute Gasteiger partial charge is 0.387 e. The van der Waals surface area contributed by atoms with Crippen molar-refractivity contribution < 1.29 is 18.6 Å². The van der Waals surface area contributed by atoms with E-state index in [1.807, 2.05) is 11.8 Å². The summed E-state index contributed by atoms with van der Waals surface area (Å²) in [6.07, 6.45) is -0.234. The van der Waals surface area contributed by atoms with Gasteiger partial charge in [0, 0.05) is 36.7 Å². The van der Waals surface area contributed by atoms with Gasteiger partial charge in [-0.3, -0.25) is 4.90 Å². The molecule has 116 valence electrons. The molecule has 2 heterocycles. The Morgan fingerprint density at radius 3 is 2.90 bits per heavy atom. The summed E-state index contributed by atoms with van der Waals surface area (Å²) in [6, 6.07) is 4.00. The van der Waals surface area contributed by atoms with Crippen LogP contribution in [-0.4, -0.2) is 53.4 Å². The zero-order chi connectivity index (χ0) is 14.8. The lowest BCUT2D eigenvalue weighted by molar-refractivity contribution is 0.0165. The van der Waals surface area contributed by atoms with E-state index in [0.29, 0.717) is 17.9 Å². The van der Waals surface area contributed by atoms with Crippen LogP contribution in [0.4, 0.5) is 8.78 Å². The molecular formula is C15H19F2NO2S. The minimum absolute atomic E-state index is 0.223. The average molecular weight is 315 g/mol. The first-order valence-electron chi connectivity index (χ1n) is 7.22. The third-order valence-corrected chi connectivity index (χ3v) is 5.49. The number of halogens is 2. The molecule has 2 aliphatic rings. The van der Waals surface area contributed by atoms with Crippen molar-refractivity contribution >= 4 is 11.8 Å². The number of aliphatic hydroxyl groups excluding tert-OH is 1. The van der Waals surface area contributed by atoms with Gasteiger partial charge in [-0.2, -0.15) is 11.8 Å². The fraction of sp³-hybridized carbons (Fsp3) is 0.600. The summed E-state index contributed by atoms with van der Waals surface area (Å²) in [6.45, 7) is 2.52. The van der Waals surface area contributed by atoms with Crippen molar-refractivity contribution in [3.05, 3.63) is 35.4 Å². The lowest BCUT2D eigenvalue weighted by atomic mass is 10.0. The van der Waals surface area contributed by atoms with Crippen LogP contribution in [0.25, 0.3) is 0 Å². The minimum Gasteiger partial charge on any atom is -0.387 e. The van der Waals surface area contributed by atoms with Gasteiger partial charge in [0.05, 0.1) is 18.3 Å². The minimum atomic E-state index is -1.14. The normalized spacial score (nSPS) is 28.1. The number of rotatable bonds is 3. The molecule has 2 aliphatic heterocycles. The molecule has 0 aliphatic carbocycles. The molecule has 0 radical (unpaired) electrons. The number of fused-ring (bicyclic) bond motifs is 1. The molecule has 3 unspecified atom stereocenters. The Kier molecular flexibility index (Phi) is 4.78. The van der Waals surface area contributed by atoms with E-state index in [0.717, 1.165) is 25.3 Å². The van der Waals surface area contributed by atoms with Crippen molar-refractivity contribution in [2.24, 2.45) is 0 Å². The van der Waals surface area contributed by atoms with Gasteiger partial charge in [-0.25, -0.2) is 8.78 Å². The summed E-state index contributed by atoms with van der Waals surface area (Å²) in [5.41, 5.74) is -0.223. The van der Waals surface area contributed by atoms with Gasteiger partial charge in [-0.05, 0) is 18.6 Å². The van der Waals surface area contributed by atoms with E-state index >= 15 is 0 Å². The van der Waals surface area contributed by atoms with Crippen molar-refractivity contribution in [3.8, 4) is 0 Å². The first-order chi connectivity index (χ1) is 10.2. The first kappa shape index (κ1) is 15.2.